The first-order valence-corrected chi connectivity index (χ1v) is 8.15. The van der Waals surface area contributed by atoms with Crippen LogP contribution in [0.4, 0.5) is 0 Å². The Morgan fingerprint density at radius 3 is 2.48 bits per heavy atom. The summed E-state index contributed by atoms with van der Waals surface area (Å²) in [5.74, 6) is -0.267. The Labute approximate surface area is 152 Å². The summed E-state index contributed by atoms with van der Waals surface area (Å²) < 4.78 is 6.17. The topological polar surface area (TPSA) is 38.3 Å². The van der Waals surface area contributed by atoms with Crippen LogP contribution in [0.1, 0.15) is 41.4 Å². The lowest BCUT2D eigenvalue weighted by Crippen LogP contribution is -2.20. The van der Waals surface area contributed by atoms with Crippen molar-refractivity contribution in [3.8, 4) is 0 Å². The van der Waals surface area contributed by atoms with E-state index in [0.29, 0.717) is 18.7 Å². The first-order chi connectivity index (χ1) is 10.6. The summed E-state index contributed by atoms with van der Waals surface area (Å²) in [5.41, 5.74) is 2.78. The quantitative estimate of drug-likeness (QED) is 0.703. The highest BCUT2D eigenvalue weighted by atomic mass is 79.9. The summed E-state index contributed by atoms with van der Waals surface area (Å²) in [6.45, 7) is 4.92. The van der Waals surface area contributed by atoms with Gasteiger partial charge in [0.1, 0.15) is 0 Å². The molecular formula is C18H21BrClNO2. The van der Waals surface area contributed by atoms with E-state index in [1.54, 1.807) is 6.07 Å². The fourth-order valence-electron chi connectivity index (χ4n) is 2.21. The minimum absolute atomic E-state index is 0. The zero-order valence-electron chi connectivity index (χ0n) is 13.2. The van der Waals surface area contributed by atoms with E-state index in [1.165, 1.54) is 5.56 Å². The van der Waals surface area contributed by atoms with Crippen LogP contribution in [-0.4, -0.2) is 12.6 Å². The van der Waals surface area contributed by atoms with Crippen molar-refractivity contribution in [2.24, 2.45) is 0 Å². The molecule has 2 rings (SSSR count). The molecule has 124 valence electrons. The molecule has 0 heterocycles. The summed E-state index contributed by atoms with van der Waals surface area (Å²) in [4.78, 5) is 12.0. The third kappa shape index (κ3) is 5.65. The summed E-state index contributed by atoms with van der Waals surface area (Å²) in [6.07, 6.45) is 0. The number of rotatable bonds is 6. The predicted octanol–water partition coefficient (Wildman–Crippen LogP) is 4.90. The fourth-order valence-corrected chi connectivity index (χ4v) is 2.48. The normalized spacial score (nSPS) is 11.4. The minimum Gasteiger partial charge on any atom is -0.462 e. The highest BCUT2D eigenvalue weighted by Gasteiger charge is 2.12. The maximum absolute atomic E-state index is 12.0. The lowest BCUT2D eigenvalue weighted by atomic mass is 10.1. The van der Waals surface area contributed by atoms with Gasteiger partial charge >= 0.3 is 5.97 Å². The van der Waals surface area contributed by atoms with Crippen molar-refractivity contribution in [2.75, 3.05) is 6.61 Å². The second kappa shape index (κ2) is 9.71. The van der Waals surface area contributed by atoms with Gasteiger partial charge in [-0.1, -0.05) is 46.3 Å². The van der Waals surface area contributed by atoms with Crippen LogP contribution in [0, 0.1) is 0 Å². The second-order valence-electron chi connectivity index (χ2n) is 5.03. The summed E-state index contributed by atoms with van der Waals surface area (Å²) >= 11 is 3.44. The molecule has 0 fully saturated rings. The largest absolute Gasteiger partial charge is 0.462 e. The lowest BCUT2D eigenvalue weighted by molar-refractivity contribution is 0.0525. The Bertz CT molecular complexity index is 631. The molecule has 2 aromatic carbocycles. The highest BCUT2D eigenvalue weighted by molar-refractivity contribution is 9.10. The van der Waals surface area contributed by atoms with E-state index in [-0.39, 0.29) is 24.4 Å². The van der Waals surface area contributed by atoms with Crippen molar-refractivity contribution in [1.82, 2.24) is 5.32 Å². The van der Waals surface area contributed by atoms with Crippen LogP contribution < -0.4 is 5.32 Å². The van der Waals surface area contributed by atoms with Gasteiger partial charge in [0.25, 0.3) is 0 Å². The molecule has 0 aliphatic rings. The zero-order chi connectivity index (χ0) is 15.9. The molecule has 23 heavy (non-hydrogen) atoms. The van der Waals surface area contributed by atoms with Crippen LogP contribution in [0.3, 0.4) is 0 Å². The van der Waals surface area contributed by atoms with Crippen molar-refractivity contribution in [1.29, 1.82) is 0 Å². The number of benzene rings is 2. The molecule has 0 aliphatic heterocycles. The molecule has 0 unspecified atom stereocenters. The molecule has 2 aromatic rings. The SMILES string of the molecule is CCOC(=O)c1ccccc1CN[C@@H](C)c1ccc(Br)cc1.Cl. The monoisotopic (exact) mass is 397 g/mol. The van der Waals surface area contributed by atoms with Gasteiger partial charge in [-0.2, -0.15) is 0 Å². The lowest BCUT2D eigenvalue weighted by Gasteiger charge is -2.16. The average molecular weight is 399 g/mol. The number of esters is 1. The van der Waals surface area contributed by atoms with E-state index in [4.69, 9.17) is 4.74 Å². The fraction of sp³-hybridized carbons (Fsp3) is 0.278. The Kier molecular flexibility index (Phi) is 8.31. The molecule has 0 aliphatic carbocycles. The standard InChI is InChI=1S/C18H20BrNO2.ClH/c1-3-22-18(21)17-7-5-4-6-15(17)12-20-13(2)14-8-10-16(19)11-9-14;/h4-11,13,20H,3,12H2,1-2H3;1H/t13-;/m0./s1. The van der Waals surface area contributed by atoms with E-state index in [2.05, 4.69) is 40.3 Å². The number of hydrogen-bond donors (Lipinski definition) is 1. The molecule has 0 spiro atoms. The van der Waals surface area contributed by atoms with Crippen LogP contribution in [0.25, 0.3) is 0 Å². The zero-order valence-corrected chi connectivity index (χ0v) is 15.6. The molecule has 1 atom stereocenters. The van der Waals surface area contributed by atoms with Crippen molar-refractivity contribution in [3.05, 3.63) is 69.7 Å². The molecular weight excluding hydrogens is 378 g/mol. The van der Waals surface area contributed by atoms with Gasteiger partial charge in [-0.3, -0.25) is 0 Å². The van der Waals surface area contributed by atoms with Gasteiger partial charge in [0.05, 0.1) is 12.2 Å². The van der Waals surface area contributed by atoms with Crippen molar-refractivity contribution in [3.63, 3.8) is 0 Å². The third-order valence-corrected chi connectivity index (χ3v) is 4.01. The van der Waals surface area contributed by atoms with Crippen LogP contribution in [0.15, 0.2) is 53.0 Å². The Balaban J connectivity index is 0.00000264. The van der Waals surface area contributed by atoms with Gasteiger partial charge in [-0.15, -0.1) is 12.4 Å². The van der Waals surface area contributed by atoms with Gasteiger partial charge in [-0.05, 0) is 43.2 Å². The predicted molar refractivity (Wildman–Crippen MR) is 99.0 cm³/mol. The molecule has 5 heteroatoms. The van der Waals surface area contributed by atoms with E-state index in [1.807, 2.05) is 37.3 Å². The highest BCUT2D eigenvalue weighted by Crippen LogP contribution is 2.18. The molecule has 0 radical (unpaired) electrons. The van der Waals surface area contributed by atoms with Crippen LogP contribution in [0.2, 0.25) is 0 Å². The third-order valence-electron chi connectivity index (χ3n) is 3.48. The number of ether oxygens (including phenoxy) is 1. The van der Waals surface area contributed by atoms with Crippen LogP contribution >= 0.6 is 28.3 Å². The number of nitrogens with one attached hydrogen (secondary N) is 1. The second-order valence-corrected chi connectivity index (χ2v) is 5.95. The number of halogens is 2. The Morgan fingerprint density at radius 1 is 1.17 bits per heavy atom. The van der Waals surface area contributed by atoms with Crippen molar-refractivity contribution in [2.45, 2.75) is 26.4 Å². The smallest absolute Gasteiger partial charge is 0.338 e. The van der Waals surface area contributed by atoms with E-state index >= 15 is 0 Å². The first kappa shape index (κ1) is 19.7. The Hall–Kier alpha value is -1.36. The first-order valence-electron chi connectivity index (χ1n) is 7.35. The Morgan fingerprint density at radius 2 is 1.83 bits per heavy atom. The van der Waals surface area contributed by atoms with Crippen LogP contribution in [0.5, 0.6) is 0 Å². The van der Waals surface area contributed by atoms with E-state index < -0.39 is 0 Å². The van der Waals surface area contributed by atoms with E-state index in [9.17, 15) is 4.79 Å². The summed E-state index contributed by atoms with van der Waals surface area (Å²) in [6, 6.07) is 16.0. The summed E-state index contributed by atoms with van der Waals surface area (Å²) in [5, 5.41) is 3.45. The molecule has 0 amide bonds. The van der Waals surface area contributed by atoms with Gasteiger partial charge < -0.3 is 10.1 Å². The minimum atomic E-state index is -0.267. The van der Waals surface area contributed by atoms with Gasteiger partial charge in [0, 0.05) is 17.1 Å². The number of hydrogen-bond acceptors (Lipinski definition) is 3. The van der Waals surface area contributed by atoms with Crippen LogP contribution in [-0.2, 0) is 11.3 Å². The molecule has 0 saturated heterocycles. The molecule has 1 N–H and O–H groups in total. The van der Waals surface area contributed by atoms with Crippen molar-refractivity contribution < 1.29 is 9.53 Å². The molecule has 0 aromatic heterocycles. The number of carbonyl (C=O) groups excluding carboxylic acids is 1. The maximum Gasteiger partial charge on any atom is 0.338 e. The van der Waals surface area contributed by atoms with Gasteiger partial charge in [0.2, 0.25) is 0 Å². The van der Waals surface area contributed by atoms with Gasteiger partial charge in [0.15, 0.2) is 0 Å². The van der Waals surface area contributed by atoms with Crippen molar-refractivity contribution >= 4 is 34.3 Å². The molecule has 0 saturated carbocycles. The van der Waals surface area contributed by atoms with Gasteiger partial charge in [-0.25, -0.2) is 4.79 Å². The average Bonchev–Trinajstić information content (AvgIpc) is 2.54. The molecule has 3 nitrogen and oxygen atoms in total. The number of carbonyl (C=O) groups is 1. The molecule has 0 bridgehead atoms. The maximum atomic E-state index is 12.0. The van der Waals surface area contributed by atoms with E-state index in [0.717, 1.165) is 10.0 Å². The summed E-state index contributed by atoms with van der Waals surface area (Å²) in [7, 11) is 0.